The number of hydrogen-bond acceptors (Lipinski definition) is 5. The van der Waals surface area contributed by atoms with Gasteiger partial charge in [-0.3, -0.25) is 5.01 Å². The highest BCUT2D eigenvalue weighted by Gasteiger charge is 2.45. The average molecular weight is 322 g/mol. The first-order chi connectivity index (χ1) is 11.8. The number of rotatable bonds is 3. The monoisotopic (exact) mass is 322 g/mol. The van der Waals surface area contributed by atoms with Gasteiger partial charge in [0.05, 0.1) is 18.6 Å². The number of carbonyl (C=O) groups is 1. The summed E-state index contributed by atoms with van der Waals surface area (Å²) in [7, 11) is 0. The van der Waals surface area contributed by atoms with Gasteiger partial charge < -0.3 is 9.47 Å². The van der Waals surface area contributed by atoms with Gasteiger partial charge in [-0.2, -0.15) is 5.10 Å². The maximum Gasteiger partial charge on any atom is 0.355 e. The van der Waals surface area contributed by atoms with Crippen molar-refractivity contribution in [3.8, 4) is 5.75 Å². The van der Waals surface area contributed by atoms with E-state index >= 15 is 0 Å². The molecule has 0 N–H and O–H groups in total. The Morgan fingerprint density at radius 3 is 2.75 bits per heavy atom. The summed E-state index contributed by atoms with van der Waals surface area (Å²) in [5.74, 6) is 0.256. The van der Waals surface area contributed by atoms with Gasteiger partial charge in [0.15, 0.2) is 5.71 Å². The Morgan fingerprint density at radius 1 is 1.21 bits per heavy atom. The van der Waals surface area contributed by atoms with Gasteiger partial charge in [-0.05, 0) is 24.6 Å². The summed E-state index contributed by atoms with van der Waals surface area (Å²) in [5.41, 5.74) is 2.36. The second kappa shape index (κ2) is 6.00. The highest BCUT2D eigenvalue weighted by atomic mass is 16.5. The van der Waals surface area contributed by atoms with Crippen LogP contribution in [0.2, 0.25) is 0 Å². The van der Waals surface area contributed by atoms with Gasteiger partial charge in [0.25, 0.3) is 0 Å². The normalized spacial score (nSPS) is 21.4. The maximum absolute atomic E-state index is 12.5. The number of carbonyl (C=O) groups excluding carboxylic acids is 1. The number of hydrogen-bond donors (Lipinski definition) is 0. The van der Waals surface area contributed by atoms with Gasteiger partial charge in [-0.15, -0.1) is 0 Å². The van der Waals surface area contributed by atoms with Crippen molar-refractivity contribution in [2.45, 2.75) is 18.9 Å². The lowest BCUT2D eigenvalue weighted by Gasteiger charge is -2.33. The maximum atomic E-state index is 12.5. The molecule has 2 aliphatic heterocycles. The number of para-hydroxylation sites is 2. The molecule has 2 atom stereocenters. The smallest absolute Gasteiger partial charge is 0.355 e. The molecule has 0 amide bonds. The van der Waals surface area contributed by atoms with Crippen LogP contribution in [0.25, 0.3) is 0 Å². The van der Waals surface area contributed by atoms with Crippen molar-refractivity contribution < 1.29 is 14.3 Å². The van der Waals surface area contributed by atoms with Crippen LogP contribution in [0.3, 0.4) is 0 Å². The number of anilines is 1. The SMILES string of the molecule is CCOC(=O)C1=NN2c3ccccc3OC[C@H]2[C@H]1c1ccccc1. The van der Waals surface area contributed by atoms with Crippen molar-refractivity contribution in [2.24, 2.45) is 5.10 Å². The second-order valence-electron chi connectivity index (χ2n) is 5.78. The quantitative estimate of drug-likeness (QED) is 0.815. The van der Waals surface area contributed by atoms with Crippen LogP contribution in [0.4, 0.5) is 5.69 Å². The van der Waals surface area contributed by atoms with Crippen LogP contribution in [0.15, 0.2) is 59.7 Å². The molecule has 0 bridgehead atoms. The third-order valence-electron chi connectivity index (χ3n) is 4.37. The van der Waals surface area contributed by atoms with E-state index in [1.165, 1.54) is 0 Å². The summed E-state index contributed by atoms with van der Waals surface area (Å²) in [6.07, 6.45) is 0. The van der Waals surface area contributed by atoms with Crippen molar-refractivity contribution in [1.29, 1.82) is 0 Å². The summed E-state index contributed by atoms with van der Waals surface area (Å²) in [4.78, 5) is 12.5. The predicted molar refractivity (Wildman–Crippen MR) is 91.5 cm³/mol. The Hall–Kier alpha value is -2.82. The summed E-state index contributed by atoms with van der Waals surface area (Å²) in [6, 6.07) is 17.6. The highest BCUT2D eigenvalue weighted by molar-refractivity contribution is 6.39. The highest BCUT2D eigenvalue weighted by Crippen LogP contribution is 2.42. The van der Waals surface area contributed by atoms with Gasteiger partial charge >= 0.3 is 5.97 Å². The third kappa shape index (κ3) is 2.33. The first-order valence-corrected chi connectivity index (χ1v) is 8.11. The van der Waals surface area contributed by atoms with E-state index in [0.717, 1.165) is 17.0 Å². The van der Waals surface area contributed by atoms with Crippen LogP contribution in [0.5, 0.6) is 5.75 Å². The second-order valence-corrected chi connectivity index (χ2v) is 5.78. The van der Waals surface area contributed by atoms with E-state index in [-0.39, 0.29) is 17.9 Å². The average Bonchev–Trinajstić information content (AvgIpc) is 3.03. The molecule has 2 aliphatic rings. The fourth-order valence-corrected chi connectivity index (χ4v) is 3.33. The number of ether oxygens (including phenoxy) is 2. The van der Waals surface area contributed by atoms with Crippen LogP contribution in [0.1, 0.15) is 18.4 Å². The van der Waals surface area contributed by atoms with Gasteiger partial charge in [0, 0.05) is 0 Å². The van der Waals surface area contributed by atoms with E-state index in [4.69, 9.17) is 9.47 Å². The third-order valence-corrected chi connectivity index (χ3v) is 4.37. The zero-order valence-electron chi connectivity index (χ0n) is 13.4. The minimum atomic E-state index is -0.363. The fraction of sp³-hybridized carbons (Fsp3) is 0.263. The predicted octanol–water partition coefficient (Wildman–Crippen LogP) is 2.97. The van der Waals surface area contributed by atoms with E-state index in [1.807, 2.05) is 59.6 Å². The molecule has 4 rings (SSSR count). The summed E-state index contributed by atoms with van der Waals surface area (Å²) >= 11 is 0. The molecule has 0 radical (unpaired) electrons. The minimum Gasteiger partial charge on any atom is -0.489 e. The molecule has 0 fully saturated rings. The Bertz CT molecular complexity index is 788. The molecule has 0 saturated carbocycles. The molecule has 24 heavy (non-hydrogen) atoms. The van der Waals surface area contributed by atoms with E-state index in [9.17, 15) is 4.79 Å². The van der Waals surface area contributed by atoms with Gasteiger partial charge in [-0.1, -0.05) is 42.5 Å². The molecular weight excluding hydrogens is 304 g/mol. The van der Waals surface area contributed by atoms with E-state index < -0.39 is 0 Å². The Morgan fingerprint density at radius 2 is 1.96 bits per heavy atom. The summed E-state index contributed by atoms with van der Waals surface area (Å²) < 4.78 is 11.1. The zero-order chi connectivity index (χ0) is 16.5. The largest absolute Gasteiger partial charge is 0.489 e. The Balaban J connectivity index is 1.79. The minimum absolute atomic E-state index is 0.0540. The van der Waals surface area contributed by atoms with Crippen molar-refractivity contribution in [2.75, 3.05) is 18.2 Å². The van der Waals surface area contributed by atoms with Gasteiger partial charge in [-0.25, -0.2) is 4.79 Å². The molecule has 0 spiro atoms. The van der Waals surface area contributed by atoms with Crippen LogP contribution in [0, 0.1) is 0 Å². The molecule has 122 valence electrons. The number of nitrogens with zero attached hydrogens (tertiary/aromatic N) is 2. The van der Waals surface area contributed by atoms with E-state index in [1.54, 1.807) is 6.92 Å². The number of benzene rings is 2. The molecular formula is C19H18N2O3. The molecule has 0 saturated heterocycles. The molecule has 0 aromatic heterocycles. The van der Waals surface area contributed by atoms with Crippen molar-refractivity contribution in [1.82, 2.24) is 0 Å². The lowest BCUT2D eigenvalue weighted by atomic mass is 9.87. The van der Waals surface area contributed by atoms with Crippen LogP contribution < -0.4 is 9.75 Å². The zero-order valence-corrected chi connectivity index (χ0v) is 13.4. The number of fused-ring (bicyclic) bond motifs is 3. The lowest BCUT2D eigenvalue weighted by Crippen LogP contribution is -2.41. The molecule has 5 heteroatoms. The van der Waals surface area contributed by atoms with Crippen molar-refractivity contribution >= 4 is 17.4 Å². The van der Waals surface area contributed by atoms with Crippen LogP contribution in [-0.4, -0.2) is 30.9 Å². The molecule has 2 heterocycles. The molecule has 0 unspecified atom stereocenters. The van der Waals surface area contributed by atoms with Crippen molar-refractivity contribution in [3.63, 3.8) is 0 Å². The number of hydrazone groups is 1. The van der Waals surface area contributed by atoms with E-state index in [2.05, 4.69) is 5.10 Å². The topological polar surface area (TPSA) is 51.1 Å². The van der Waals surface area contributed by atoms with Crippen LogP contribution in [-0.2, 0) is 9.53 Å². The first-order valence-electron chi connectivity index (χ1n) is 8.11. The Labute approximate surface area is 140 Å². The summed E-state index contributed by atoms with van der Waals surface area (Å²) in [6.45, 7) is 2.61. The molecule has 5 nitrogen and oxygen atoms in total. The molecule has 2 aromatic carbocycles. The number of esters is 1. The molecule has 2 aromatic rings. The van der Waals surface area contributed by atoms with Crippen LogP contribution >= 0.6 is 0 Å². The summed E-state index contributed by atoms with van der Waals surface area (Å²) in [5, 5.41) is 6.53. The van der Waals surface area contributed by atoms with Gasteiger partial charge in [0.1, 0.15) is 18.0 Å². The van der Waals surface area contributed by atoms with E-state index in [0.29, 0.717) is 18.9 Å². The Kier molecular flexibility index (Phi) is 3.69. The fourth-order valence-electron chi connectivity index (χ4n) is 3.33. The first kappa shape index (κ1) is 14.8. The standard InChI is InChI=1S/C19H18N2O3/c1-2-23-19(22)18-17(13-8-4-3-5-9-13)15-12-24-16-11-7-6-10-14(16)21(15)20-18/h3-11,15,17H,2,12H2,1H3/t15-,17+/m0/s1. The van der Waals surface area contributed by atoms with Crippen molar-refractivity contribution in [3.05, 3.63) is 60.2 Å². The van der Waals surface area contributed by atoms with Gasteiger partial charge in [0.2, 0.25) is 0 Å². The molecule has 0 aliphatic carbocycles. The lowest BCUT2D eigenvalue weighted by molar-refractivity contribution is -0.135.